The first-order valence-corrected chi connectivity index (χ1v) is 18.1. The molecule has 4 rings (SSSR count). The third-order valence-corrected chi connectivity index (χ3v) is 9.22. The Kier molecular flexibility index (Phi) is 16.5. The maximum absolute atomic E-state index is 13.3. The van der Waals surface area contributed by atoms with Gasteiger partial charge in [0.2, 0.25) is 5.91 Å². The van der Waals surface area contributed by atoms with Crippen LogP contribution in [0.1, 0.15) is 51.7 Å². The summed E-state index contributed by atoms with van der Waals surface area (Å²) in [5.41, 5.74) is 1.84. The van der Waals surface area contributed by atoms with Crippen molar-refractivity contribution in [3.8, 4) is 0 Å². The third-order valence-electron chi connectivity index (χ3n) is 9.22. The number of aliphatic hydroxyl groups is 1. The largest absolute Gasteiger partial charge is 0.453 e. The molecule has 0 unspecified atom stereocenters. The highest BCUT2D eigenvalue weighted by Gasteiger charge is 2.49. The molecule has 0 bridgehead atoms. The second-order valence-corrected chi connectivity index (χ2v) is 13.5. The summed E-state index contributed by atoms with van der Waals surface area (Å²) < 4.78 is 40.9. The summed E-state index contributed by atoms with van der Waals surface area (Å²) in [6, 6.07) is 18.6. The number of cyclic esters (lactones) is 1. The molecule has 1 N–H and O–H groups in total. The van der Waals surface area contributed by atoms with Gasteiger partial charge in [0.15, 0.2) is 24.0 Å². The summed E-state index contributed by atoms with van der Waals surface area (Å²) in [4.78, 5) is 64.5. The van der Waals surface area contributed by atoms with Gasteiger partial charge in [-0.15, -0.1) is 0 Å². The van der Waals surface area contributed by atoms with Gasteiger partial charge in [-0.3, -0.25) is 19.2 Å². The van der Waals surface area contributed by atoms with Crippen LogP contribution in [-0.2, 0) is 65.5 Å². The molecule has 14 nitrogen and oxygen atoms in total. The van der Waals surface area contributed by atoms with Gasteiger partial charge in [-0.1, -0.05) is 74.5 Å². The third kappa shape index (κ3) is 11.6. The van der Waals surface area contributed by atoms with Crippen molar-refractivity contribution in [3.05, 3.63) is 83.9 Å². The van der Waals surface area contributed by atoms with Crippen molar-refractivity contribution in [3.63, 3.8) is 0 Å². The van der Waals surface area contributed by atoms with Crippen LogP contribution in [0.2, 0.25) is 0 Å². The van der Waals surface area contributed by atoms with Crippen LogP contribution in [0.15, 0.2) is 72.8 Å². The number of allylic oxidation sites excluding steroid dienone is 1. The molecular weight excluding hydrogens is 702 g/mol. The van der Waals surface area contributed by atoms with Gasteiger partial charge < -0.3 is 38.3 Å². The van der Waals surface area contributed by atoms with E-state index in [4.69, 9.17) is 33.2 Å². The number of carbonyl (C=O) groups excluding carboxylic acids is 5. The zero-order chi connectivity index (χ0) is 39.2. The van der Waals surface area contributed by atoms with Crippen LogP contribution in [0.5, 0.6) is 0 Å². The van der Waals surface area contributed by atoms with E-state index in [9.17, 15) is 29.1 Å². The number of carbonyl (C=O) groups is 5. The molecule has 2 aromatic carbocycles. The molecule has 0 spiro atoms. The van der Waals surface area contributed by atoms with Crippen molar-refractivity contribution in [1.29, 1.82) is 0 Å². The van der Waals surface area contributed by atoms with Crippen molar-refractivity contribution >= 4 is 29.5 Å². The average molecular weight is 754 g/mol. The molecule has 0 aromatic heterocycles. The molecule has 0 radical (unpaired) electrons. The van der Waals surface area contributed by atoms with E-state index in [0.717, 1.165) is 35.1 Å². The van der Waals surface area contributed by atoms with Crippen LogP contribution < -0.4 is 0 Å². The summed E-state index contributed by atoms with van der Waals surface area (Å²) in [6.45, 7) is 6.32. The van der Waals surface area contributed by atoms with Crippen LogP contribution in [0.4, 0.5) is 4.79 Å². The van der Waals surface area contributed by atoms with Crippen molar-refractivity contribution in [1.82, 2.24) is 4.90 Å². The number of ketones is 2. The predicted molar refractivity (Wildman–Crippen MR) is 192 cm³/mol. The first-order chi connectivity index (χ1) is 25.9. The molecule has 0 aliphatic carbocycles. The van der Waals surface area contributed by atoms with Gasteiger partial charge in [0.05, 0.1) is 31.8 Å². The molecule has 8 atom stereocenters. The van der Waals surface area contributed by atoms with Crippen molar-refractivity contribution in [2.45, 2.75) is 96.6 Å². The van der Waals surface area contributed by atoms with Gasteiger partial charge in [0, 0.05) is 27.1 Å². The molecule has 2 aromatic rings. The molecule has 2 fully saturated rings. The fourth-order valence-electron chi connectivity index (χ4n) is 6.25. The van der Waals surface area contributed by atoms with E-state index in [1.807, 2.05) is 74.5 Å². The van der Waals surface area contributed by atoms with E-state index < -0.39 is 78.3 Å². The first kappa shape index (κ1) is 42.4. The van der Waals surface area contributed by atoms with Crippen LogP contribution in [0, 0.1) is 11.8 Å². The summed E-state index contributed by atoms with van der Waals surface area (Å²) in [7, 11) is 1.46. The molecule has 54 heavy (non-hydrogen) atoms. The van der Waals surface area contributed by atoms with Crippen LogP contribution >= 0.6 is 0 Å². The Labute approximate surface area is 315 Å². The molecule has 2 heterocycles. The number of benzene rings is 2. The number of ether oxygens (including phenoxy) is 7. The highest BCUT2D eigenvalue weighted by molar-refractivity contribution is 6.04. The molecule has 294 valence electrons. The lowest BCUT2D eigenvalue weighted by Gasteiger charge is -2.45. The lowest BCUT2D eigenvalue weighted by molar-refractivity contribution is -0.319. The van der Waals surface area contributed by atoms with Gasteiger partial charge in [-0.25, -0.2) is 9.69 Å². The van der Waals surface area contributed by atoms with Gasteiger partial charge in [0.25, 0.3) is 0 Å². The smallest absolute Gasteiger partial charge is 0.416 e. The summed E-state index contributed by atoms with van der Waals surface area (Å²) >= 11 is 0. The number of rotatable bonds is 20. The molecule has 0 saturated carbocycles. The van der Waals surface area contributed by atoms with E-state index in [1.165, 1.54) is 14.0 Å². The highest BCUT2D eigenvalue weighted by atomic mass is 16.7. The molecule has 2 saturated heterocycles. The zero-order valence-corrected chi connectivity index (χ0v) is 31.4. The van der Waals surface area contributed by atoms with Gasteiger partial charge in [-0.05, 0) is 42.5 Å². The average Bonchev–Trinajstić information content (AvgIpc) is 3.57. The normalized spacial score (nSPS) is 24.0. The number of esters is 1. The number of methoxy groups -OCH3 is 1. The number of imide groups is 1. The Bertz CT molecular complexity index is 1570. The summed E-state index contributed by atoms with van der Waals surface area (Å²) in [5.74, 6) is -4.07. The number of hydrogen-bond acceptors (Lipinski definition) is 13. The Morgan fingerprint density at radius 2 is 1.50 bits per heavy atom. The molecule has 2 amide bonds. The SMILES string of the molecule is CO[C@H]1O[C@H](CO)[C@@H](OCc2ccccc2)[C@H](OCc2ccccc2)[C@@H]1OCCCC(=O)C=CC(=O)[C@H](OC(C)=O)[C@@H](C)C(=O)N1C(=O)OC[C@H]1C(C)C. The number of aliphatic hydroxyl groups excluding tert-OH is 1. The van der Waals surface area contributed by atoms with Crippen molar-refractivity contribution in [2.75, 3.05) is 26.9 Å². The fourth-order valence-corrected chi connectivity index (χ4v) is 6.25. The van der Waals surface area contributed by atoms with Crippen molar-refractivity contribution in [2.24, 2.45) is 11.8 Å². The van der Waals surface area contributed by atoms with Gasteiger partial charge in [-0.2, -0.15) is 0 Å². The molecule has 2 aliphatic rings. The van der Waals surface area contributed by atoms with Crippen molar-refractivity contribution < 1.29 is 62.2 Å². The van der Waals surface area contributed by atoms with Crippen LogP contribution in [-0.4, -0.2) is 109 Å². The minimum atomic E-state index is -1.56. The minimum absolute atomic E-state index is 0.0137. The second kappa shape index (κ2) is 21.0. The standard InChI is InChI=1S/C40H51NO13/c1-25(2)31-24-52-40(47)41(31)38(46)26(3)34(53-27(4)43)32(45)19-18-30(44)17-12-20-49-37-36(51-23-29-15-10-7-11-16-29)35(33(21-42)54-39(37)48-5)50-22-28-13-8-6-9-14-28/h6-11,13-16,18-19,25-26,31,33-37,39,42H,12,17,20-24H2,1-5H3/t26-,31+,33-,34-,35-,36+,37+,39+/m1/s1. The Morgan fingerprint density at radius 1 is 0.889 bits per heavy atom. The highest BCUT2D eigenvalue weighted by Crippen LogP contribution is 2.30. The summed E-state index contributed by atoms with van der Waals surface area (Å²) in [6.07, 6.45) is -4.12. The number of amides is 2. The number of hydrogen-bond donors (Lipinski definition) is 1. The minimum Gasteiger partial charge on any atom is -0.453 e. The predicted octanol–water partition coefficient (Wildman–Crippen LogP) is 3.95. The Balaban J connectivity index is 1.39. The van der Waals surface area contributed by atoms with E-state index in [-0.39, 0.29) is 51.8 Å². The fraction of sp³-hybridized carbons (Fsp3) is 0.525. The lowest BCUT2D eigenvalue weighted by atomic mass is 9.96. The van der Waals surface area contributed by atoms with E-state index in [1.54, 1.807) is 0 Å². The topological polar surface area (TPSA) is 173 Å². The Hall–Kier alpha value is -4.31. The van der Waals surface area contributed by atoms with E-state index in [2.05, 4.69) is 0 Å². The lowest BCUT2D eigenvalue weighted by Crippen LogP contribution is -2.61. The second-order valence-electron chi connectivity index (χ2n) is 13.5. The van der Waals surface area contributed by atoms with E-state index in [0.29, 0.717) is 0 Å². The maximum Gasteiger partial charge on any atom is 0.416 e. The van der Waals surface area contributed by atoms with Crippen LogP contribution in [0.25, 0.3) is 0 Å². The molecule has 2 aliphatic heterocycles. The number of nitrogens with zero attached hydrogens (tertiary/aromatic N) is 1. The molecule has 14 heteroatoms. The molecular formula is C40H51NO13. The van der Waals surface area contributed by atoms with Gasteiger partial charge in [0.1, 0.15) is 31.0 Å². The monoisotopic (exact) mass is 753 g/mol. The Morgan fingerprint density at radius 3 is 2.06 bits per heavy atom. The van der Waals surface area contributed by atoms with Gasteiger partial charge >= 0.3 is 12.1 Å². The first-order valence-electron chi connectivity index (χ1n) is 18.1. The maximum atomic E-state index is 13.3. The van der Waals surface area contributed by atoms with Crippen LogP contribution in [0.3, 0.4) is 0 Å². The quantitative estimate of drug-likeness (QED) is 0.117. The summed E-state index contributed by atoms with van der Waals surface area (Å²) in [5, 5.41) is 10.3. The zero-order valence-electron chi connectivity index (χ0n) is 31.4. The van der Waals surface area contributed by atoms with E-state index >= 15 is 0 Å².